The van der Waals surface area contributed by atoms with Crippen LogP contribution in [0.2, 0.25) is 0 Å². The van der Waals surface area contributed by atoms with Crippen molar-refractivity contribution in [3.63, 3.8) is 0 Å². The molecule has 0 aromatic heterocycles. The van der Waals surface area contributed by atoms with E-state index in [9.17, 15) is 0 Å². The van der Waals surface area contributed by atoms with Crippen LogP contribution >= 0.6 is 0 Å². The fraction of sp³-hybridized carbons (Fsp3) is 0.622. The van der Waals surface area contributed by atoms with E-state index in [1.54, 1.807) is 0 Å². The molecule has 0 fully saturated rings. The Kier molecular flexibility index (Phi) is 9.77. The second-order valence-corrected chi connectivity index (χ2v) is 15.5. The van der Waals surface area contributed by atoms with Crippen LogP contribution in [0.3, 0.4) is 0 Å². The Hall–Kier alpha value is -1.82. The molecular formula is C37H58. The summed E-state index contributed by atoms with van der Waals surface area (Å²) in [5, 5.41) is 0. The van der Waals surface area contributed by atoms with Crippen molar-refractivity contribution in [2.24, 2.45) is 0 Å². The summed E-state index contributed by atoms with van der Waals surface area (Å²) in [7, 11) is 0. The van der Waals surface area contributed by atoms with Crippen molar-refractivity contribution in [2.45, 2.75) is 150 Å². The van der Waals surface area contributed by atoms with E-state index in [-0.39, 0.29) is 27.6 Å². The molecule has 0 spiro atoms. The topological polar surface area (TPSA) is 0 Å². The summed E-state index contributed by atoms with van der Waals surface area (Å²) in [6.45, 7) is 35.2. The number of benzene rings is 2. The first-order chi connectivity index (χ1) is 16.8. The number of unbranched alkanes of at least 4 members (excludes halogenated alkanes) is 3. The van der Waals surface area contributed by atoms with Gasteiger partial charge in [0.15, 0.2) is 0 Å². The average Bonchev–Trinajstić information content (AvgIpc) is 2.74. The molecule has 0 saturated heterocycles. The minimum Gasteiger partial charge on any atom is -0.0989 e. The standard InChI is InChI=1S/C37H58/c1-15-16-17-18-19-26(2)33(29-22-20-27(34(3,4)5)24-31(29)36(9,10)11)30-23-21-28(35(6,7)8)25-32(30)37(12,13)14/h20-25,33H,2,15-19H2,1,3-14H3. The van der Waals surface area contributed by atoms with Gasteiger partial charge < -0.3 is 0 Å². The van der Waals surface area contributed by atoms with Crippen molar-refractivity contribution in [3.8, 4) is 0 Å². The number of allylic oxidation sites excluding steroid dienone is 1. The molecule has 0 unspecified atom stereocenters. The first-order valence-electron chi connectivity index (χ1n) is 14.8. The second kappa shape index (κ2) is 11.5. The molecule has 0 aliphatic heterocycles. The highest BCUT2D eigenvalue weighted by Gasteiger charge is 2.32. The van der Waals surface area contributed by atoms with Crippen LogP contribution in [-0.2, 0) is 21.7 Å². The van der Waals surface area contributed by atoms with Crippen molar-refractivity contribution in [1.82, 2.24) is 0 Å². The summed E-state index contributed by atoms with van der Waals surface area (Å²) in [6, 6.07) is 14.6. The van der Waals surface area contributed by atoms with Gasteiger partial charge in [-0.25, -0.2) is 0 Å². The van der Waals surface area contributed by atoms with Crippen LogP contribution < -0.4 is 0 Å². The summed E-state index contributed by atoms with van der Waals surface area (Å²) >= 11 is 0. The van der Waals surface area contributed by atoms with Crippen LogP contribution in [0.5, 0.6) is 0 Å². The molecule has 0 amide bonds. The fourth-order valence-electron chi connectivity index (χ4n) is 5.38. The molecule has 0 atom stereocenters. The molecule has 0 heterocycles. The van der Waals surface area contributed by atoms with E-state index in [0.717, 1.165) is 6.42 Å². The summed E-state index contributed by atoms with van der Waals surface area (Å²) in [4.78, 5) is 0. The molecular weight excluding hydrogens is 444 g/mol. The largest absolute Gasteiger partial charge is 0.0989 e. The molecule has 206 valence electrons. The Morgan fingerprint density at radius 3 is 1.32 bits per heavy atom. The van der Waals surface area contributed by atoms with Gasteiger partial charge in [0, 0.05) is 5.92 Å². The number of hydrogen-bond donors (Lipinski definition) is 0. The van der Waals surface area contributed by atoms with Crippen molar-refractivity contribution in [1.29, 1.82) is 0 Å². The number of rotatable bonds is 8. The number of hydrogen-bond acceptors (Lipinski definition) is 0. The van der Waals surface area contributed by atoms with Crippen LogP contribution in [0.25, 0.3) is 0 Å². The SMILES string of the molecule is C=C(CCCCCC)C(c1ccc(C(C)(C)C)cc1C(C)(C)C)c1ccc(C(C)(C)C)cc1C(C)(C)C. The Labute approximate surface area is 231 Å². The third-order valence-electron chi connectivity index (χ3n) is 7.84. The second-order valence-electron chi connectivity index (χ2n) is 15.5. The molecule has 0 aliphatic carbocycles. The van der Waals surface area contributed by atoms with E-state index in [1.165, 1.54) is 64.6 Å². The van der Waals surface area contributed by atoms with E-state index >= 15 is 0 Å². The van der Waals surface area contributed by atoms with Gasteiger partial charge in [0.25, 0.3) is 0 Å². The maximum absolute atomic E-state index is 4.79. The minimum atomic E-state index is 0.0462. The molecule has 0 radical (unpaired) electrons. The highest BCUT2D eigenvalue weighted by molar-refractivity contribution is 5.53. The normalized spacial score (nSPS) is 13.4. The summed E-state index contributed by atoms with van der Waals surface area (Å²) in [5.41, 5.74) is 10.3. The first kappa shape index (κ1) is 31.4. The van der Waals surface area contributed by atoms with E-state index in [0.29, 0.717) is 0 Å². The van der Waals surface area contributed by atoms with Gasteiger partial charge in [-0.05, 0) is 67.9 Å². The Morgan fingerprint density at radius 1 is 0.595 bits per heavy atom. The van der Waals surface area contributed by atoms with Crippen LogP contribution in [0, 0.1) is 0 Å². The minimum absolute atomic E-state index is 0.0462. The van der Waals surface area contributed by atoms with Gasteiger partial charge in [-0.2, -0.15) is 0 Å². The molecule has 0 saturated carbocycles. The lowest BCUT2D eigenvalue weighted by molar-refractivity contribution is 0.552. The van der Waals surface area contributed by atoms with Crippen LogP contribution in [0.15, 0.2) is 48.6 Å². The molecule has 0 aliphatic rings. The zero-order chi connectivity index (χ0) is 28.4. The van der Waals surface area contributed by atoms with Gasteiger partial charge in [0.05, 0.1) is 0 Å². The van der Waals surface area contributed by atoms with Gasteiger partial charge in [-0.15, -0.1) is 0 Å². The van der Waals surface area contributed by atoms with Gasteiger partial charge in [-0.1, -0.05) is 158 Å². The highest BCUT2D eigenvalue weighted by Crippen LogP contribution is 2.45. The molecule has 0 N–H and O–H groups in total. The van der Waals surface area contributed by atoms with Gasteiger partial charge >= 0.3 is 0 Å². The lowest BCUT2D eigenvalue weighted by Gasteiger charge is -2.35. The van der Waals surface area contributed by atoms with Gasteiger partial charge in [0.1, 0.15) is 0 Å². The van der Waals surface area contributed by atoms with Crippen LogP contribution in [0.1, 0.15) is 161 Å². The molecule has 0 bridgehead atoms. The Balaban J connectivity index is 2.86. The zero-order valence-electron chi connectivity index (χ0n) is 26.8. The van der Waals surface area contributed by atoms with Crippen molar-refractivity contribution in [2.75, 3.05) is 0 Å². The average molecular weight is 503 g/mol. The third-order valence-corrected chi connectivity index (χ3v) is 7.84. The molecule has 0 nitrogen and oxygen atoms in total. The maximum atomic E-state index is 4.79. The lowest BCUT2D eigenvalue weighted by Crippen LogP contribution is -2.23. The fourth-order valence-corrected chi connectivity index (χ4v) is 5.38. The lowest BCUT2D eigenvalue weighted by atomic mass is 9.69. The molecule has 2 aromatic carbocycles. The van der Waals surface area contributed by atoms with Gasteiger partial charge in [0.2, 0.25) is 0 Å². The van der Waals surface area contributed by atoms with E-state index in [1.807, 2.05) is 0 Å². The van der Waals surface area contributed by atoms with Gasteiger partial charge in [-0.3, -0.25) is 0 Å². The summed E-state index contributed by atoms with van der Waals surface area (Å²) in [5.74, 6) is 0.202. The predicted molar refractivity (Wildman–Crippen MR) is 167 cm³/mol. The maximum Gasteiger partial charge on any atom is 0.0302 e. The van der Waals surface area contributed by atoms with Crippen molar-refractivity contribution < 1.29 is 0 Å². The summed E-state index contributed by atoms with van der Waals surface area (Å²) in [6.07, 6.45) is 6.16. The quantitative estimate of drug-likeness (QED) is 0.249. The molecule has 2 rings (SSSR count). The van der Waals surface area contributed by atoms with E-state index in [2.05, 4.69) is 126 Å². The Morgan fingerprint density at radius 2 is 1.00 bits per heavy atom. The van der Waals surface area contributed by atoms with Crippen molar-refractivity contribution >= 4 is 0 Å². The monoisotopic (exact) mass is 502 g/mol. The Bertz CT molecular complexity index is 976. The predicted octanol–water partition coefficient (Wildman–Crippen LogP) is 11.5. The zero-order valence-corrected chi connectivity index (χ0v) is 26.8. The third kappa shape index (κ3) is 8.08. The van der Waals surface area contributed by atoms with E-state index in [4.69, 9.17) is 6.58 Å². The van der Waals surface area contributed by atoms with Crippen LogP contribution in [0.4, 0.5) is 0 Å². The molecule has 0 heteroatoms. The van der Waals surface area contributed by atoms with Crippen molar-refractivity contribution in [3.05, 3.63) is 81.9 Å². The molecule has 2 aromatic rings. The molecule has 37 heavy (non-hydrogen) atoms. The smallest absolute Gasteiger partial charge is 0.0302 e. The first-order valence-corrected chi connectivity index (χ1v) is 14.8. The van der Waals surface area contributed by atoms with E-state index < -0.39 is 0 Å². The summed E-state index contributed by atoms with van der Waals surface area (Å²) < 4.78 is 0. The van der Waals surface area contributed by atoms with Crippen LogP contribution in [-0.4, -0.2) is 0 Å². The highest BCUT2D eigenvalue weighted by atomic mass is 14.4.